The van der Waals surface area contributed by atoms with Crippen LogP contribution in [-0.2, 0) is 19.1 Å². The molecule has 0 aliphatic carbocycles. The van der Waals surface area contributed by atoms with Crippen LogP contribution < -0.4 is 0 Å². The van der Waals surface area contributed by atoms with Gasteiger partial charge in [-0.2, -0.15) is 0 Å². The summed E-state index contributed by atoms with van der Waals surface area (Å²) in [6.45, 7) is 7.05. The van der Waals surface area contributed by atoms with Gasteiger partial charge in [-0.1, -0.05) is 52.9 Å². The molecule has 0 N–H and O–H groups in total. The predicted octanol–water partition coefficient (Wildman–Crippen LogP) is 3.48. The Kier molecular flexibility index (Phi) is 11.3. The first kappa shape index (κ1) is 17.9. The molecule has 0 radical (unpaired) electrons. The van der Waals surface area contributed by atoms with Gasteiger partial charge in [0.05, 0.1) is 13.2 Å². The highest BCUT2D eigenvalue weighted by atomic mass is 16.6. The van der Waals surface area contributed by atoms with Gasteiger partial charge in [0.2, 0.25) is 0 Å². The van der Waals surface area contributed by atoms with E-state index in [-0.39, 0.29) is 6.42 Å². The lowest BCUT2D eigenvalue weighted by atomic mass is 10.1. The van der Waals surface area contributed by atoms with Gasteiger partial charge in [-0.05, 0) is 12.3 Å². The average molecular weight is 272 g/mol. The molecular weight excluding hydrogens is 244 g/mol. The molecule has 0 heterocycles. The van der Waals surface area contributed by atoms with Gasteiger partial charge >= 0.3 is 11.9 Å². The summed E-state index contributed by atoms with van der Waals surface area (Å²) in [5.41, 5.74) is 0. The minimum atomic E-state index is -0.481. The summed E-state index contributed by atoms with van der Waals surface area (Å²) in [7, 11) is 0. The van der Waals surface area contributed by atoms with Crippen molar-refractivity contribution in [3.63, 3.8) is 0 Å². The van der Waals surface area contributed by atoms with Crippen LogP contribution in [0.4, 0.5) is 0 Å². The molecule has 0 aromatic heterocycles. The Labute approximate surface area is 116 Å². The van der Waals surface area contributed by atoms with Crippen LogP contribution in [0, 0.1) is 5.92 Å². The van der Waals surface area contributed by atoms with Crippen molar-refractivity contribution < 1.29 is 19.1 Å². The van der Waals surface area contributed by atoms with Crippen molar-refractivity contribution in [3.8, 4) is 0 Å². The summed E-state index contributed by atoms with van der Waals surface area (Å²) in [4.78, 5) is 22.7. The highest BCUT2D eigenvalue weighted by Gasteiger charge is 2.13. The van der Waals surface area contributed by atoms with Gasteiger partial charge in [0.1, 0.15) is 6.42 Å². The average Bonchev–Trinajstić information content (AvgIpc) is 2.39. The summed E-state index contributed by atoms with van der Waals surface area (Å²) in [5, 5.41) is 0. The summed E-state index contributed by atoms with van der Waals surface area (Å²) in [5.74, 6) is -0.578. The molecule has 0 aliphatic rings. The van der Waals surface area contributed by atoms with Crippen molar-refractivity contribution in [2.24, 2.45) is 5.92 Å². The summed E-state index contributed by atoms with van der Waals surface area (Å²) < 4.78 is 10.0. The van der Waals surface area contributed by atoms with E-state index in [0.717, 1.165) is 38.5 Å². The Morgan fingerprint density at radius 3 is 2.11 bits per heavy atom. The molecule has 0 saturated carbocycles. The van der Waals surface area contributed by atoms with Gasteiger partial charge in [0.15, 0.2) is 0 Å². The lowest BCUT2D eigenvalue weighted by Gasteiger charge is -2.12. The van der Waals surface area contributed by atoms with E-state index in [2.05, 4.69) is 20.8 Å². The number of esters is 2. The number of hydrogen-bond donors (Lipinski definition) is 0. The molecule has 0 spiro atoms. The summed E-state index contributed by atoms with van der Waals surface area (Å²) in [6.07, 6.45) is 5.90. The maximum absolute atomic E-state index is 11.4. The fourth-order valence-corrected chi connectivity index (χ4v) is 1.67. The Balaban J connectivity index is 3.60. The van der Waals surface area contributed by atoms with Gasteiger partial charge in [-0.15, -0.1) is 0 Å². The fraction of sp³-hybridized carbons (Fsp3) is 0.867. The molecule has 0 bridgehead atoms. The maximum Gasteiger partial charge on any atom is 0.317 e. The Bertz CT molecular complexity index is 247. The van der Waals surface area contributed by atoms with Crippen LogP contribution in [0.3, 0.4) is 0 Å². The third-order valence-corrected chi connectivity index (χ3v) is 3.18. The van der Waals surface area contributed by atoms with Gasteiger partial charge in [-0.3, -0.25) is 9.59 Å². The predicted molar refractivity (Wildman–Crippen MR) is 74.7 cm³/mol. The number of rotatable bonds is 11. The van der Waals surface area contributed by atoms with Crippen LogP contribution in [0.5, 0.6) is 0 Å². The zero-order valence-corrected chi connectivity index (χ0v) is 12.6. The monoisotopic (exact) mass is 272 g/mol. The van der Waals surface area contributed by atoms with Crippen LogP contribution in [0.25, 0.3) is 0 Å². The standard InChI is InChI=1S/C15H28O4/c1-4-7-8-9-10-18-14(16)11-15(17)19-12-13(5-2)6-3/h13H,4-12H2,1-3H3. The molecule has 0 saturated heterocycles. The topological polar surface area (TPSA) is 52.6 Å². The van der Waals surface area contributed by atoms with Crippen molar-refractivity contribution >= 4 is 11.9 Å². The van der Waals surface area contributed by atoms with Crippen LogP contribution >= 0.6 is 0 Å². The minimum absolute atomic E-state index is 0.270. The molecule has 112 valence electrons. The normalized spacial score (nSPS) is 10.5. The zero-order chi connectivity index (χ0) is 14.5. The van der Waals surface area contributed by atoms with Crippen LogP contribution in [0.2, 0.25) is 0 Å². The van der Waals surface area contributed by atoms with Crippen molar-refractivity contribution in [2.75, 3.05) is 13.2 Å². The first-order valence-corrected chi connectivity index (χ1v) is 7.45. The van der Waals surface area contributed by atoms with E-state index in [9.17, 15) is 9.59 Å². The van der Waals surface area contributed by atoms with Crippen molar-refractivity contribution in [1.82, 2.24) is 0 Å². The molecule has 0 unspecified atom stereocenters. The van der Waals surface area contributed by atoms with E-state index >= 15 is 0 Å². The van der Waals surface area contributed by atoms with Crippen LogP contribution in [-0.4, -0.2) is 25.2 Å². The Hall–Kier alpha value is -1.06. The molecule has 4 nitrogen and oxygen atoms in total. The van der Waals surface area contributed by atoms with E-state index in [4.69, 9.17) is 9.47 Å². The van der Waals surface area contributed by atoms with E-state index < -0.39 is 11.9 Å². The number of unbranched alkanes of at least 4 members (excludes halogenated alkanes) is 3. The zero-order valence-electron chi connectivity index (χ0n) is 12.6. The lowest BCUT2D eigenvalue weighted by molar-refractivity contribution is -0.155. The van der Waals surface area contributed by atoms with Crippen molar-refractivity contribution in [3.05, 3.63) is 0 Å². The molecule has 0 amide bonds. The van der Waals surface area contributed by atoms with Crippen molar-refractivity contribution in [1.29, 1.82) is 0 Å². The van der Waals surface area contributed by atoms with Crippen LogP contribution in [0.15, 0.2) is 0 Å². The molecule has 0 aromatic rings. The SMILES string of the molecule is CCCCCCOC(=O)CC(=O)OCC(CC)CC. The molecular formula is C15H28O4. The quantitative estimate of drug-likeness (QED) is 0.328. The molecule has 19 heavy (non-hydrogen) atoms. The summed E-state index contributed by atoms with van der Waals surface area (Å²) in [6, 6.07) is 0. The fourth-order valence-electron chi connectivity index (χ4n) is 1.67. The van der Waals surface area contributed by atoms with Gasteiger partial charge in [0.25, 0.3) is 0 Å². The third kappa shape index (κ3) is 10.5. The minimum Gasteiger partial charge on any atom is -0.465 e. The van der Waals surface area contributed by atoms with E-state index in [0.29, 0.717) is 19.1 Å². The molecule has 0 aromatic carbocycles. The molecule has 0 atom stereocenters. The smallest absolute Gasteiger partial charge is 0.317 e. The highest BCUT2D eigenvalue weighted by molar-refractivity contribution is 5.91. The first-order chi connectivity index (χ1) is 9.13. The second kappa shape index (κ2) is 12.0. The molecule has 0 rings (SSSR count). The van der Waals surface area contributed by atoms with Gasteiger partial charge < -0.3 is 9.47 Å². The van der Waals surface area contributed by atoms with E-state index in [1.54, 1.807) is 0 Å². The molecule has 4 heteroatoms. The van der Waals surface area contributed by atoms with E-state index in [1.807, 2.05) is 0 Å². The largest absolute Gasteiger partial charge is 0.465 e. The third-order valence-electron chi connectivity index (χ3n) is 3.18. The number of ether oxygens (including phenoxy) is 2. The van der Waals surface area contributed by atoms with E-state index in [1.165, 1.54) is 0 Å². The van der Waals surface area contributed by atoms with Gasteiger partial charge in [0, 0.05) is 0 Å². The van der Waals surface area contributed by atoms with Crippen molar-refractivity contribution in [2.45, 2.75) is 65.7 Å². The lowest BCUT2D eigenvalue weighted by Crippen LogP contribution is -2.17. The second-order valence-corrected chi connectivity index (χ2v) is 4.82. The second-order valence-electron chi connectivity index (χ2n) is 4.82. The number of carbonyl (C=O) groups is 2. The molecule has 0 fully saturated rings. The Morgan fingerprint density at radius 2 is 1.53 bits per heavy atom. The molecule has 0 aliphatic heterocycles. The highest BCUT2D eigenvalue weighted by Crippen LogP contribution is 2.08. The van der Waals surface area contributed by atoms with Gasteiger partial charge in [-0.25, -0.2) is 0 Å². The van der Waals surface area contributed by atoms with Crippen LogP contribution in [0.1, 0.15) is 65.7 Å². The summed E-state index contributed by atoms with van der Waals surface area (Å²) >= 11 is 0. The first-order valence-electron chi connectivity index (χ1n) is 7.45. The maximum atomic E-state index is 11.4. The number of carbonyl (C=O) groups excluding carboxylic acids is 2. The Morgan fingerprint density at radius 1 is 0.895 bits per heavy atom. The number of hydrogen-bond acceptors (Lipinski definition) is 4.